The van der Waals surface area contributed by atoms with Crippen molar-refractivity contribution >= 4 is 29.8 Å². The van der Waals surface area contributed by atoms with E-state index in [4.69, 9.17) is 11.6 Å². The van der Waals surface area contributed by atoms with Crippen LogP contribution < -0.4 is 10.6 Å². The molecule has 3 nitrogen and oxygen atoms in total. The summed E-state index contributed by atoms with van der Waals surface area (Å²) in [5.41, 5.74) is -0.833. The summed E-state index contributed by atoms with van der Waals surface area (Å²) in [4.78, 5) is 3.72. The topological polar surface area (TPSA) is 37.0 Å². The van der Waals surface area contributed by atoms with Crippen LogP contribution in [0.25, 0.3) is 0 Å². The molecule has 1 unspecified atom stereocenters. The molecule has 19 heavy (non-hydrogen) atoms. The van der Waals surface area contributed by atoms with Crippen LogP contribution in [-0.2, 0) is 6.18 Å². The lowest BCUT2D eigenvalue weighted by Crippen LogP contribution is -2.18. The maximum absolute atomic E-state index is 12.4. The van der Waals surface area contributed by atoms with E-state index < -0.39 is 11.7 Å². The molecule has 1 aromatic heterocycles. The molecule has 1 aromatic rings. The molecule has 2 N–H and O–H groups in total. The van der Waals surface area contributed by atoms with Crippen LogP contribution in [0, 0.1) is 5.92 Å². The first-order chi connectivity index (χ1) is 8.47. The maximum atomic E-state index is 12.4. The number of alkyl halides is 3. The van der Waals surface area contributed by atoms with Crippen LogP contribution in [0.4, 0.5) is 19.0 Å². The molecule has 1 fully saturated rings. The van der Waals surface area contributed by atoms with Crippen LogP contribution in [0.5, 0.6) is 0 Å². The number of anilines is 1. The van der Waals surface area contributed by atoms with Gasteiger partial charge in [-0.15, -0.1) is 12.4 Å². The second-order valence-electron chi connectivity index (χ2n) is 4.29. The summed E-state index contributed by atoms with van der Waals surface area (Å²) in [6.45, 7) is 2.54. The highest BCUT2D eigenvalue weighted by Gasteiger charge is 2.31. The molecule has 1 saturated heterocycles. The lowest BCUT2D eigenvalue weighted by atomic mass is 10.1. The zero-order chi connectivity index (χ0) is 13.2. The van der Waals surface area contributed by atoms with Gasteiger partial charge < -0.3 is 10.6 Å². The molecule has 8 heteroatoms. The zero-order valence-electron chi connectivity index (χ0n) is 9.93. The van der Waals surface area contributed by atoms with Crippen LogP contribution in [0.15, 0.2) is 12.3 Å². The van der Waals surface area contributed by atoms with Crippen molar-refractivity contribution in [3.63, 3.8) is 0 Å². The van der Waals surface area contributed by atoms with Gasteiger partial charge in [-0.2, -0.15) is 13.2 Å². The smallest absolute Gasteiger partial charge is 0.369 e. The molecule has 0 aliphatic carbocycles. The number of pyridine rings is 1. The van der Waals surface area contributed by atoms with E-state index in [9.17, 15) is 13.2 Å². The highest BCUT2D eigenvalue weighted by Crippen LogP contribution is 2.32. The predicted molar refractivity (Wildman–Crippen MR) is 71.0 cm³/mol. The van der Waals surface area contributed by atoms with E-state index in [1.165, 1.54) is 0 Å². The quantitative estimate of drug-likeness (QED) is 0.899. The van der Waals surface area contributed by atoms with Crippen molar-refractivity contribution in [1.29, 1.82) is 0 Å². The Hall–Kier alpha value is -0.720. The molecule has 0 radical (unpaired) electrons. The van der Waals surface area contributed by atoms with Gasteiger partial charge in [-0.3, -0.25) is 0 Å². The third-order valence-electron chi connectivity index (χ3n) is 2.89. The number of aromatic nitrogens is 1. The minimum absolute atomic E-state index is 0. The van der Waals surface area contributed by atoms with Crippen molar-refractivity contribution in [2.24, 2.45) is 5.92 Å². The molecule has 2 heterocycles. The van der Waals surface area contributed by atoms with Crippen LogP contribution in [0.1, 0.15) is 12.0 Å². The van der Waals surface area contributed by atoms with E-state index in [0.717, 1.165) is 31.8 Å². The zero-order valence-corrected chi connectivity index (χ0v) is 11.5. The van der Waals surface area contributed by atoms with Crippen molar-refractivity contribution in [3.05, 3.63) is 22.8 Å². The molecular weight excluding hydrogens is 302 g/mol. The van der Waals surface area contributed by atoms with E-state index in [1.807, 2.05) is 0 Å². The summed E-state index contributed by atoms with van der Waals surface area (Å²) in [6.07, 6.45) is -2.57. The van der Waals surface area contributed by atoms with Gasteiger partial charge in [0.25, 0.3) is 0 Å². The summed E-state index contributed by atoms with van der Waals surface area (Å²) in [6, 6.07) is 0.893. The van der Waals surface area contributed by atoms with Gasteiger partial charge in [0.1, 0.15) is 5.82 Å². The Labute approximate surface area is 120 Å². The van der Waals surface area contributed by atoms with Gasteiger partial charge in [0.05, 0.1) is 10.6 Å². The SMILES string of the molecule is Cl.FC(F)(F)c1cnc(NCC2CCNC2)c(Cl)c1. The van der Waals surface area contributed by atoms with Gasteiger partial charge >= 0.3 is 6.18 Å². The summed E-state index contributed by atoms with van der Waals surface area (Å²) < 4.78 is 37.2. The third kappa shape index (κ3) is 4.40. The van der Waals surface area contributed by atoms with Crippen molar-refractivity contribution in [2.45, 2.75) is 12.6 Å². The number of nitrogens with one attached hydrogen (secondary N) is 2. The van der Waals surface area contributed by atoms with Gasteiger partial charge in [-0.25, -0.2) is 4.98 Å². The summed E-state index contributed by atoms with van der Waals surface area (Å²) in [7, 11) is 0. The van der Waals surface area contributed by atoms with E-state index >= 15 is 0 Å². The molecule has 0 spiro atoms. The first kappa shape index (κ1) is 16.3. The summed E-state index contributed by atoms with van der Waals surface area (Å²) in [5.74, 6) is 0.765. The molecule has 1 atom stereocenters. The average Bonchev–Trinajstić information content (AvgIpc) is 2.79. The fraction of sp³-hybridized carbons (Fsp3) is 0.545. The van der Waals surface area contributed by atoms with E-state index in [2.05, 4.69) is 15.6 Å². The highest BCUT2D eigenvalue weighted by atomic mass is 35.5. The monoisotopic (exact) mass is 315 g/mol. The largest absolute Gasteiger partial charge is 0.417 e. The van der Waals surface area contributed by atoms with Crippen LogP contribution in [0.3, 0.4) is 0 Å². The third-order valence-corrected chi connectivity index (χ3v) is 3.18. The van der Waals surface area contributed by atoms with E-state index in [0.29, 0.717) is 18.3 Å². The molecule has 1 aliphatic rings. The fourth-order valence-corrected chi connectivity index (χ4v) is 2.09. The molecular formula is C11H14Cl2F3N3. The van der Waals surface area contributed by atoms with Crippen LogP contribution in [0.2, 0.25) is 5.02 Å². The van der Waals surface area contributed by atoms with Crippen molar-refractivity contribution in [2.75, 3.05) is 25.0 Å². The second-order valence-corrected chi connectivity index (χ2v) is 4.70. The maximum Gasteiger partial charge on any atom is 0.417 e. The lowest BCUT2D eigenvalue weighted by molar-refractivity contribution is -0.137. The molecule has 0 amide bonds. The number of hydrogen-bond donors (Lipinski definition) is 2. The van der Waals surface area contributed by atoms with Crippen molar-refractivity contribution in [3.8, 4) is 0 Å². The Morgan fingerprint density at radius 1 is 1.47 bits per heavy atom. The highest BCUT2D eigenvalue weighted by molar-refractivity contribution is 6.32. The molecule has 2 rings (SSSR count). The molecule has 108 valence electrons. The molecule has 1 aliphatic heterocycles. The fourth-order valence-electron chi connectivity index (χ4n) is 1.85. The van der Waals surface area contributed by atoms with Crippen molar-refractivity contribution in [1.82, 2.24) is 10.3 Å². The molecule has 0 aromatic carbocycles. The lowest BCUT2D eigenvalue weighted by Gasteiger charge is -2.13. The Balaban J connectivity index is 0.00000180. The normalized spacial score (nSPS) is 19.1. The Kier molecular flexibility index (Phi) is 5.70. The minimum atomic E-state index is -4.41. The summed E-state index contributed by atoms with van der Waals surface area (Å²) >= 11 is 5.78. The Bertz CT molecular complexity index is 420. The Morgan fingerprint density at radius 3 is 2.74 bits per heavy atom. The Morgan fingerprint density at radius 2 is 2.21 bits per heavy atom. The number of hydrogen-bond acceptors (Lipinski definition) is 3. The van der Waals surface area contributed by atoms with Gasteiger partial charge in [-0.1, -0.05) is 11.6 Å². The van der Waals surface area contributed by atoms with Gasteiger partial charge in [0, 0.05) is 12.7 Å². The number of halogens is 5. The van der Waals surface area contributed by atoms with Gasteiger partial charge in [0.2, 0.25) is 0 Å². The first-order valence-electron chi connectivity index (χ1n) is 5.64. The van der Waals surface area contributed by atoms with Crippen molar-refractivity contribution < 1.29 is 13.2 Å². The van der Waals surface area contributed by atoms with Crippen LogP contribution in [-0.4, -0.2) is 24.6 Å². The van der Waals surface area contributed by atoms with Gasteiger partial charge in [-0.05, 0) is 31.5 Å². The predicted octanol–water partition coefficient (Wildman–Crippen LogP) is 3.20. The average molecular weight is 316 g/mol. The van der Waals surface area contributed by atoms with E-state index in [-0.39, 0.29) is 17.4 Å². The number of nitrogens with zero attached hydrogens (tertiary/aromatic N) is 1. The minimum Gasteiger partial charge on any atom is -0.369 e. The molecule has 0 bridgehead atoms. The standard InChI is InChI=1S/C11H13ClF3N3.ClH/c12-9-3-8(11(13,14)15)6-18-10(9)17-5-7-1-2-16-4-7;/h3,6-7,16H,1-2,4-5H2,(H,17,18);1H. The van der Waals surface area contributed by atoms with Gasteiger partial charge in [0.15, 0.2) is 0 Å². The number of rotatable bonds is 3. The molecule has 0 saturated carbocycles. The first-order valence-corrected chi connectivity index (χ1v) is 6.02. The second kappa shape index (κ2) is 6.63. The van der Waals surface area contributed by atoms with Crippen LogP contribution >= 0.6 is 24.0 Å². The summed E-state index contributed by atoms with van der Waals surface area (Å²) in [5, 5.41) is 6.19. The van der Waals surface area contributed by atoms with E-state index in [1.54, 1.807) is 0 Å².